The summed E-state index contributed by atoms with van der Waals surface area (Å²) in [4.78, 5) is 16.9. The van der Waals surface area contributed by atoms with Gasteiger partial charge in [0.2, 0.25) is 5.91 Å². The predicted molar refractivity (Wildman–Crippen MR) is 105 cm³/mol. The highest BCUT2D eigenvalue weighted by Crippen LogP contribution is 2.18. The lowest BCUT2D eigenvalue weighted by molar-refractivity contribution is -0.116. The average Bonchev–Trinajstić information content (AvgIpc) is 3.01. The smallest absolute Gasteiger partial charge is 0.224 e. The van der Waals surface area contributed by atoms with Crippen LogP contribution in [0.2, 0.25) is 0 Å². The first-order valence-corrected chi connectivity index (χ1v) is 9.03. The number of rotatable bonds is 7. The molecule has 0 radical (unpaired) electrons. The summed E-state index contributed by atoms with van der Waals surface area (Å²) < 4.78 is 7.27. The van der Waals surface area contributed by atoms with Crippen molar-refractivity contribution in [3.8, 4) is 5.75 Å². The topological polar surface area (TPSA) is 94.5 Å². The zero-order valence-corrected chi connectivity index (χ0v) is 16.0. The Balaban J connectivity index is 1.63. The number of nitrogens with two attached hydrogens (primary N) is 1. The van der Waals surface area contributed by atoms with Crippen molar-refractivity contribution < 1.29 is 9.53 Å². The van der Waals surface area contributed by atoms with Gasteiger partial charge in [0.1, 0.15) is 12.4 Å². The Morgan fingerprint density at radius 1 is 1.22 bits per heavy atom. The molecule has 3 rings (SSSR count). The largest absolute Gasteiger partial charge is 0.492 e. The van der Waals surface area contributed by atoms with Crippen molar-refractivity contribution in [1.82, 2.24) is 14.6 Å². The summed E-state index contributed by atoms with van der Waals surface area (Å²) in [5, 5.41) is 7.39. The van der Waals surface area contributed by atoms with E-state index in [1.807, 2.05) is 55.6 Å². The minimum atomic E-state index is -0.0406. The number of fused-ring (bicyclic) bond motifs is 1. The summed E-state index contributed by atoms with van der Waals surface area (Å²) in [7, 11) is 0. The summed E-state index contributed by atoms with van der Waals surface area (Å²) >= 11 is 0. The number of carbonyl (C=O) groups is 1. The number of hydrogen-bond donors (Lipinski definition) is 2. The van der Waals surface area contributed by atoms with Gasteiger partial charge in [0.05, 0.1) is 5.69 Å². The highest BCUT2D eigenvalue weighted by atomic mass is 16.5. The second kappa shape index (κ2) is 8.18. The van der Waals surface area contributed by atoms with E-state index in [1.54, 1.807) is 0 Å². The van der Waals surface area contributed by atoms with Crippen LogP contribution < -0.4 is 15.8 Å². The highest BCUT2D eigenvalue weighted by Gasteiger charge is 2.13. The maximum atomic E-state index is 12.3. The number of benzene rings is 1. The molecule has 0 aliphatic carbocycles. The fraction of sp³-hybridized carbons (Fsp3) is 0.350. The van der Waals surface area contributed by atoms with Crippen molar-refractivity contribution in [2.45, 2.75) is 33.6 Å². The van der Waals surface area contributed by atoms with Crippen LogP contribution in [0.4, 0.5) is 5.69 Å². The van der Waals surface area contributed by atoms with Crippen molar-refractivity contribution in [3.63, 3.8) is 0 Å². The molecule has 0 saturated heterocycles. The van der Waals surface area contributed by atoms with E-state index in [-0.39, 0.29) is 5.91 Å². The number of nitrogens with zero attached hydrogens (tertiary/aromatic N) is 3. The molecule has 0 unspecified atom stereocenters. The first-order chi connectivity index (χ1) is 13.0. The van der Waals surface area contributed by atoms with E-state index in [4.69, 9.17) is 10.5 Å². The molecule has 0 spiro atoms. The molecule has 0 aliphatic rings. The monoisotopic (exact) mass is 367 g/mol. The molecule has 27 heavy (non-hydrogen) atoms. The molecular formula is C20H25N5O2. The van der Waals surface area contributed by atoms with Crippen LogP contribution in [0.3, 0.4) is 0 Å². The van der Waals surface area contributed by atoms with E-state index < -0.39 is 0 Å². The third-order valence-electron chi connectivity index (χ3n) is 4.41. The predicted octanol–water partition coefficient (Wildman–Crippen LogP) is 2.56. The van der Waals surface area contributed by atoms with Crippen molar-refractivity contribution >= 4 is 17.2 Å². The van der Waals surface area contributed by atoms with Crippen LogP contribution in [0.15, 0.2) is 30.3 Å². The van der Waals surface area contributed by atoms with Gasteiger partial charge < -0.3 is 15.8 Å². The van der Waals surface area contributed by atoms with Crippen LogP contribution in [0.5, 0.6) is 5.75 Å². The minimum absolute atomic E-state index is 0.0406. The molecule has 1 aromatic carbocycles. The van der Waals surface area contributed by atoms with Crippen LogP contribution in [-0.4, -0.2) is 33.7 Å². The second-order valence-electron chi connectivity index (χ2n) is 6.53. The molecule has 0 aliphatic heterocycles. The zero-order valence-electron chi connectivity index (χ0n) is 16.0. The van der Waals surface area contributed by atoms with Crippen molar-refractivity contribution in [2.24, 2.45) is 5.73 Å². The van der Waals surface area contributed by atoms with Crippen molar-refractivity contribution in [3.05, 3.63) is 53.0 Å². The summed E-state index contributed by atoms with van der Waals surface area (Å²) in [5.74, 6) is 0.694. The number of amides is 1. The molecule has 0 bridgehead atoms. The van der Waals surface area contributed by atoms with Crippen LogP contribution in [0.1, 0.15) is 29.1 Å². The lowest BCUT2D eigenvalue weighted by Gasteiger charge is -2.11. The zero-order chi connectivity index (χ0) is 19.4. The van der Waals surface area contributed by atoms with E-state index in [9.17, 15) is 4.79 Å². The minimum Gasteiger partial charge on any atom is -0.492 e. The molecule has 3 N–H and O–H groups in total. The highest BCUT2D eigenvalue weighted by molar-refractivity contribution is 5.90. The van der Waals surface area contributed by atoms with Crippen molar-refractivity contribution in [1.29, 1.82) is 0 Å². The Hall–Kier alpha value is -2.93. The van der Waals surface area contributed by atoms with Gasteiger partial charge >= 0.3 is 0 Å². The van der Waals surface area contributed by atoms with Crippen LogP contribution in [0, 0.1) is 20.8 Å². The van der Waals surface area contributed by atoms with Gasteiger partial charge in [-0.15, -0.1) is 0 Å². The van der Waals surface area contributed by atoms with Gasteiger partial charge in [0.15, 0.2) is 5.65 Å². The van der Waals surface area contributed by atoms with Gasteiger partial charge in [0.25, 0.3) is 0 Å². The SMILES string of the molecule is Cc1cc2nc(C)c(CCC(=O)Nc3ccc(OCCN)cc3)c(C)n2n1. The van der Waals surface area contributed by atoms with E-state index in [0.717, 1.165) is 39.7 Å². The first-order valence-electron chi connectivity index (χ1n) is 9.03. The molecule has 2 aromatic heterocycles. The van der Waals surface area contributed by atoms with E-state index in [2.05, 4.69) is 15.4 Å². The Bertz CT molecular complexity index is 947. The maximum Gasteiger partial charge on any atom is 0.224 e. The number of aromatic nitrogens is 3. The number of ether oxygens (including phenoxy) is 1. The van der Waals surface area contributed by atoms with Crippen LogP contribution in [0.25, 0.3) is 5.65 Å². The van der Waals surface area contributed by atoms with E-state index in [1.165, 1.54) is 0 Å². The van der Waals surface area contributed by atoms with Crippen molar-refractivity contribution in [2.75, 3.05) is 18.5 Å². The number of carbonyl (C=O) groups excluding carboxylic acids is 1. The fourth-order valence-electron chi connectivity index (χ4n) is 3.08. The molecule has 0 atom stereocenters. The third-order valence-corrected chi connectivity index (χ3v) is 4.41. The Labute approximate surface area is 158 Å². The number of anilines is 1. The third kappa shape index (κ3) is 4.43. The summed E-state index contributed by atoms with van der Waals surface area (Å²) in [6.45, 7) is 6.88. The number of hydrogen-bond acceptors (Lipinski definition) is 5. The number of nitrogens with one attached hydrogen (secondary N) is 1. The van der Waals surface area contributed by atoms with E-state index >= 15 is 0 Å². The van der Waals surface area contributed by atoms with Gasteiger partial charge in [-0.05, 0) is 57.0 Å². The van der Waals surface area contributed by atoms with Gasteiger partial charge in [0, 0.05) is 36.1 Å². The molecule has 0 saturated carbocycles. The lowest BCUT2D eigenvalue weighted by Crippen LogP contribution is -2.14. The van der Waals surface area contributed by atoms with E-state index in [0.29, 0.717) is 26.0 Å². The Kier molecular flexibility index (Phi) is 5.71. The molecule has 1 amide bonds. The summed E-state index contributed by atoms with van der Waals surface area (Å²) in [6, 6.07) is 9.23. The molecular weight excluding hydrogens is 342 g/mol. The molecule has 3 aromatic rings. The van der Waals surface area contributed by atoms with Gasteiger partial charge in [-0.2, -0.15) is 5.10 Å². The quantitative estimate of drug-likeness (QED) is 0.669. The summed E-state index contributed by atoms with van der Waals surface area (Å²) in [5.41, 5.74) is 11.0. The Morgan fingerprint density at radius 2 is 1.96 bits per heavy atom. The molecule has 2 heterocycles. The second-order valence-corrected chi connectivity index (χ2v) is 6.53. The maximum absolute atomic E-state index is 12.3. The normalized spacial score (nSPS) is 11.0. The Morgan fingerprint density at radius 3 is 2.67 bits per heavy atom. The molecule has 7 nitrogen and oxygen atoms in total. The van der Waals surface area contributed by atoms with Crippen LogP contribution in [-0.2, 0) is 11.2 Å². The number of aryl methyl sites for hydroxylation is 3. The fourth-order valence-corrected chi connectivity index (χ4v) is 3.08. The molecule has 142 valence electrons. The van der Waals surface area contributed by atoms with Gasteiger partial charge in [-0.3, -0.25) is 4.79 Å². The van der Waals surface area contributed by atoms with Gasteiger partial charge in [-0.25, -0.2) is 9.50 Å². The molecule has 7 heteroatoms. The van der Waals surface area contributed by atoms with Gasteiger partial charge in [-0.1, -0.05) is 0 Å². The van der Waals surface area contributed by atoms with Crippen LogP contribution >= 0.6 is 0 Å². The summed E-state index contributed by atoms with van der Waals surface area (Å²) in [6.07, 6.45) is 0.990. The standard InChI is InChI=1S/C20H25N5O2/c1-13-12-19-22-14(2)18(15(3)25(19)24-13)8-9-20(26)23-16-4-6-17(7-5-16)27-11-10-21/h4-7,12H,8-11,21H2,1-3H3,(H,23,26). The first kappa shape index (κ1) is 18.8. The molecule has 0 fully saturated rings. The average molecular weight is 367 g/mol. The lowest BCUT2D eigenvalue weighted by atomic mass is 10.1.